The van der Waals surface area contributed by atoms with Crippen LogP contribution in [0.25, 0.3) is 10.9 Å². The van der Waals surface area contributed by atoms with E-state index >= 15 is 0 Å². The normalized spacial score (nSPS) is 20.7. The number of nitrogens with one attached hydrogen (secondary N) is 1. The molecule has 3 N–H and O–H groups in total. The Bertz CT molecular complexity index is 841. The Morgan fingerprint density at radius 2 is 2.00 bits per heavy atom. The Morgan fingerprint density at radius 1 is 1.23 bits per heavy atom. The number of H-pyrrole nitrogens is 1. The molecule has 0 bridgehead atoms. The highest BCUT2D eigenvalue weighted by molar-refractivity contribution is 5.86. The summed E-state index contributed by atoms with van der Waals surface area (Å²) in [5, 5.41) is 14.4. The first kappa shape index (κ1) is 13.0. The first-order valence-electron chi connectivity index (χ1n) is 7.29. The fraction of sp³-hybridized carbons (Fsp3) is 0.176. The number of quaternary nitrogens is 1. The van der Waals surface area contributed by atoms with Gasteiger partial charge < -0.3 is 20.2 Å². The fourth-order valence-electron chi connectivity index (χ4n) is 3.33. The van der Waals surface area contributed by atoms with E-state index in [-0.39, 0.29) is 6.04 Å². The number of rotatable bonds is 2. The SMILES string of the molecule is O=C([O-])[C@@H]1Cc2c([nH]c3ccccc23)[C@@H](c2ccncc2)[NH2+]1. The molecule has 1 aromatic carbocycles. The number of carbonyl (C=O) groups is 1. The molecular weight excluding hydrogens is 278 g/mol. The third-order valence-electron chi connectivity index (χ3n) is 4.37. The Hall–Kier alpha value is -2.66. The summed E-state index contributed by atoms with van der Waals surface area (Å²) in [4.78, 5) is 18.9. The molecule has 3 heterocycles. The molecule has 2 atom stereocenters. The first-order chi connectivity index (χ1) is 10.7. The van der Waals surface area contributed by atoms with Gasteiger partial charge in [0.25, 0.3) is 0 Å². The molecule has 5 nitrogen and oxygen atoms in total. The lowest BCUT2D eigenvalue weighted by molar-refractivity contribution is -0.717. The molecule has 22 heavy (non-hydrogen) atoms. The molecule has 2 aromatic heterocycles. The number of hydrogen-bond donors (Lipinski definition) is 2. The third-order valence-corrected chi connectivity index (χ3v) is 4.37. The second kappa shape index (κ2) is 4.96. The maximum Gasteiger partial charge on any atom is 0.153 e. The van der Waals surface area contributed by atoms with Gasteiger partial charge in [-0.05, 0) is 23.8 Å². The standard InChI is InChI=1S/C17H15N3O2/c21-17(22)14-9-12-11-3-1-2-4-13(11)19-16(12)15(20-14)10-5-7-18-8-6-10/h1-8,14-15,19-20H,9H2,(H,21,22)/t14-,15+/m0/s1. The summed E-state index contributed by atoms with van der Waals surface area (Å²) in [5.41, 5.74) is 4.23. The molecule has 0 spiro atoms. The fourth-order valence-corrected chi connectivity index (χ4v) is 3.33. The summed E-state index contributed by atoms with van der Waals surface area (Å²) in [5.74, 6) is -1.02. The molecule has 1 aliphatic heterocycles. The molecule has 0 saturated carbocycles. The number of para-hydroxylation sites is 1. The number of carboxylic acids is 1. The maximum atomic E-state index is 11.4. The predicted molar refractivity (Wildman–Crippen MR) is 78.8 cm³/mol. The highest BCUT2D eigenvalue weighted by atomic mass is 16.4. The van der Waals surface area contributed by atoms with E-state index in [0.717, 1.165) is 27.7 Å². The Morgan fingerprint density at radius 3 is 2.77 bits per heavy atom. The molecule has 3 aromatic rings. The van der Waals surface area contributed by atoms with Gasteiger partial charge in [0.2, 0.25) is 0 Å². The van der Waals surface area contributed by atoms with Crippen LogP contribution in [0.5, 0.6) is 0 Å². The summed E-state index contributed by atoms with van der Waals surface area (Å²) in [6, 6.07) is 11.2. The van der Waals surface area contributed by atoms with Crippen LogP contribution in [0.1, 0.15) is 22.9 Å². The van der Waals surface area contributed by atoms with Crippen molar-refractivity contribution in [1.82, 2.24) is 9.97 Å². The lowest BCUT2D eigenvalue weighted by Gasteiger charge is -2.28. The lowest BCUT2D eigenvalue weighted by atomic mass is 9.91. The van der Waals surface area contributed by atoms with Gasteiger partial charge in [-0.3, -0.25) is 4.98 Å². The molecule has 1 aliphatic rings. The van der Waals surface area contributed by atoms with Gasteiger partial charge in [0, 0.05) is 35.3 Å². The molecule has 0 radical (unpaired) electrons. The Balaban J connectivity index is 1.91. The monoisotopic (exact) mass is 293 g/mol. The molecule has 4 rings (SSSR count). The highest BCUT2D eigenvalue weighted by Crippen LogP contribution is 2.31. The van der Waals surface area contributed by atoms with Gasteiger partial charge in [-0.1, -0.05) is 18.2 Å². The zero-order valence-corrected chi connectivity index (χ0v) is 11.8. The van der Waals surface area contributed by atoms with E-state index in [1.54, 1.807) is 12.4 Å². The van der Waals surface area contributed by atoms with E-state index in [1.807, 2.05) is 41.7 Å². The highest BCUT2D eigenvalue weighted by Gasteiger charge is 2.34. The van der Waals surface area contributed by atoms with Crippen molar-refractivity contribution in [2.45, 2.75) is 18.5 Å². The quantitative estimate of drug-likeness (QED) is 0.691. The average Bonchev–Trinajstić information content (AvgIpc) is 2.93. The number of fused-ring (bicyclic) bond motifs is 3. The number of aliphatic carboxylic acids is 1. The van der Waals surface area contributed by atoms with Crippen LogP contribution in [0.2, 0.25) is 0 Å². The van der Waals surface area contributed by atoms with Crippen LogP contribution in [0.3, 0.4) is 0 Å². The van der Waals surface area contributed by atoms with E-state index in [4.69, 9.17) is 0 Å². The summed E-state index contributed by atoms with van der Waals surface area (Å²) >= 11 is 0. The van der Waals surface area contributed by atoms with Crippen molar-refractivity contribution < 1.29 is 15.2 Å². The number of nitrogens with two attached hydrogens (primary N) is 1. The lowest BCUT2D eigenvalue weighted by Crippen LogP contribution is -2.95. The summed E-state index contributed by atoms with van der Waals surface area (Å²) in [6.45, 7) is 0. The molecule has 0 fully saturated rings. The number of carbonyl (C=O) groups excluding carboxylic acids is 1. The number of aromatic amines is 1. The van der Waals surface area contributed by atoms with Crippen LogP contribution in [0, 0.1) is 0 Å². The molecule has 110 valence electrons. The van der Waals surface area contributed by atoms with E-state index in [9.17, 15) is 9.90 Å². The minimum Gasteiger partial charge on any atom is -0.544 e. The number of aromatic nitrogens is 2. The van der Waals surface area contributed by atoms with Crippen LogP contribution in [0.4, 0.5) is 0 Å². The van der Waals surface area contributed by atoms with E-state index in [0.29, 0.717) is 6.42 Å². The Labute approximate surface area is 127 Å². The van der Waals surface area contributed by atoms with Crippen LogP contribution in [0.15, 0.2) is 48.8 Å². The van der Waals surface area contributed by atoms with Crippen molar-refractivity contribution in [3.05, 3.63) is 65.6 Å². The first-order valence-corrected chi connectivity index (χ1v) is 7.29. The van der Waals surface area contributed by atoms with Crippen molar-refractivity contribution >= 4 is 16.9 Å². The van der Waals surface area contributed by atoms with E-state index in [2.05, 4.69) is 9.97 Å². The number of pyridine rings is 1. The van der Waals surface area contributed by atoms with Gasteiger partial charge in [-0.2, -0.15) is 0 Å². The van der Waals surface area contributed by atoms with E-state index < -0.39 is 12.0 Å². The van der Waals surface area contributed by atoms with Crippen LogP contribution in [-0.2, 0) is 11.2 Å². The molecule has 0 amide bonds. The molecule has 5 heteroatoms. The largest absolute Gasteiger partial charge is 0.544 e. The minimum atomic E-state index is -1.02. The second-order valence-electron chi connectivity index (χ2n) is 5.64. The zero-order valence-electron chi connectivity index (χ0n) is 11.8. The van der Waals surface area contributed by atoms with Crippen LogP contribution >= 0.6 is 0 Å². The molecular formula is C17H15N3O2. The van der Waals surface area contributed by atoms with Gasteiger partial charge >= 0.3 is 0 Å². The number of benzene rings is 1. The predicted octanol–water partition coefficient (Wildman–Crippen LogP) is -0.110. The van der Waals surface area contributed by atoms with Crippen molar-refractivity contribution in [3.8, 4) is 0 Å². The smallest absolute Gasteiger partial charge is 0.153 e. The summed E-state index contributed by atoms with van der Waals surface area (Å²) in [7, 11) is 0. The number of nitrogens with zero attached hydrogens (tertiary/aromatic N) is 1. The molecule has 0 saturated heterocycles. The topological polar surface area (TPSA) is 85.4 Å². The van der Waals surface area contributed by atoms with Gasteiger partial charge in [0.1, 0.15) is 6.04 Å². The molecule has 0 aliphatic carbocycles. The van der Waals surface area contributed by atoms with Crippen LogP contribution < -0.4 is 10.4 Å². The summed E-state index contributed by atoms with van der Waals surface area (Å²) in [6.07, 6.45) is 3.94. The Kier molecular flexibility index (Phi) is 2.94. The number of hydrogen-bond acceptors (Lipinski definition) is 3. The second-order valence-corrected chi connectivity index (χ2v) is 5.64. The van der Waals surface area contributed by atoms with Gasteiger partial charge in [-0.15, -0.1) is 0 Å². The van der Waals surface area contributed by atoms with Crippen molar-refractivity contribution in [2.75, 3.05) is 0 Å². The van der Waals surface area contributed by atoms with Gasteiger partial charge in [-0.25, -0.2) is 0 Å². The zero-order chi connectivity index (χ0) is 15.1. The average molecular weight is 293 g/mol. The van der Waals surface area contributed by atoms with Crippen molar-refractivity contribution in [1.29, 1.82) is 0 Å². The van der Waals surface area contributed by atoms with Gasteiger partial charge in [0.05, 0.1) is 11.7 Å². The van der Waals surface area contributed by atoms with Gasteiger partial charge in [0.15, 0.2) is 6.04 Å². The van der Waals surface area contributed by atoms with Crippen LogP contribution in [-0.4, -0.2) is 22.0 Å². The maximum absolute atomic E-state index is 11.4. The molecule has 0 unspecified atom stereocenters. The third kappa shape index (κ3) is 1.98. The van der Waals surface area contributed by atoms with E-state index in [1.165, 1.54) is 0 Å². The van der Waals surface area contributed by atoms with Crippen molar-refractivity contribution in [2.24, 2.45) is 0 Å². The number of carboxylic acid groups (broad SMARTS) is 1. The van der Waals surface area contributed by atoms with Crippen molar-refractivity contribution in [3.63, 3.8) is 0 Å². The summed E-state index contributed by atoms with van der Waals surface area (Å²) < 4.78 is 0. The minimum absolute atomic E-state index is 0.0814.